The maximum atomic E-state index is 2.55. The van der Waals surface area contributed by atoms with Crippen LogP contribution in [0.3, 0.4) is 0 Å². The zero-order valence-corrected chi connectivity index (χ0v) is 35.0. The fourth-order valence-corrected chi connectivity index (χ4v) is 12.7. The molecule has 0 radical (unpaired) electrons. The summed E-state index contributed by atoms with van der Waals surface area (Å²) in [7, 11) is 0. The van der Waals surface area contributed by atoms with Crippen molar-refractivity contribution in [3.05, 3.63) is 206 Å². The van der Waals surface area contributed by atoms with Gasteiger partial charge < -0.3 is 9.13 Å². The molecular weight excluding hydrogens is 789 g/mol. The molecule has 0 fully saturated rings. The number of hydrogen-bond donors (Lipinski definition) is 0. The van der Waals surface area contributed by atoms with Gasteiger partial charge in [-0.1, -0.05) is 140 Å². The van der Waals surface area contributed by atoms with E-state index >= 15 is 0 Å². The Kier molecular flexibility index (Phi) is 7.18. The molecule has 0 spiro atoms. The lowest BCUT2D eigenvalue weighted by molar-refractivity contribution is 1.18. The molecule has 0 aliphatic heterocycles. The minimum atomic E-state index is 1.16. The van der Waals surface area contributed by atoms with Crippen molar-refractivity contribution < 1.29 is 0 Å². The first kappa shape index (κ1) is 34.2. The summed E-state index contributed by atoms with van der Waals surface area (Å²) in [5.74, 6) is 0. The zero-order chi connectivity index (χ0) is 40.5. The van der Waals surface area contributed by atoms with Crippen molar-refractivity contribution in [3.8, 4) is 33.6 Å². The minimum Gasteiger partial charge on any atom is -0.309 e. The zero-order valence-electron chi connectivity index (χ0n) is 33.3. The van der Waals surface area contributed by atoms with E-state index in [0.29, 0.717) is 0 Å². The first-order valence-electron chi connectivity index (χ1n) is 21.2. The summed E-state index contributed by atoms with van der Waals surface area (Å²) in [6.07, 6.45) is 0. The summed E-state index contributed by atoms with van der Waals surface area (Å²) in [6.45, 7) is 0. The van der Waals surface area contributed by atoms with Gasteiger partial charge in [-0.3, -0.25) is 0 Å². The Labute approximate surface area is 364 Å². The highest BCUT2D eigenvalue weighted by molar-refractivity contribution is 7.26. The van der Waals surface area contributed by atoms with Crippen molar-refractivity contribution in [2.24, 2.45) is 0 Å². The lowest BCUT2D eigenvalue weighted by Crippen LogP contribution is -1.95. The molecule has 10 aromatic carbocycles. The van der Waals surface area contributed by atoms with Crippen molar-refractivity contribution in [3.63, 3.8) is 0 Å². The first-order chi connectivity index (χ1) is 30.7. The SMILES string of the molecule is c1ccc(-c2ccc3c(c2)c2ccc4c(c5ccccc5n4-c4ccc5ccccc5c4)c2n3-c2ccc3sc4c(-c5cccc6sc7ccccc7c56)cccc4c3c2)cc1. The molecule has 2 nitrogen and oxygen atoms in total. The predicted octanol–water partition coefficient (Wildman–Crippen LogP) is 17.1. The monoisotopic (exact) mass is 822 g/mol. The third-order valence-electron chi connectivity index (χ3n) is 13.1. The van der Waals surface area contributed by atoms with Gasteiger partial charge in [0.15, 0.2) is 0 Å². The number of benzene rings is 10. The molecule has 0 amide bonds. The minimum absolute atomic E-state index is 1.16. The summed E-state index contributed by atoms with van der Waals surface area (Å²) in [4.78, 5) is 0. The maximum absolute atomic E-state index is 2.55. The lowest BCUT2D eigenvalue weighted by atomic mass is 9.98. The van der Waals surface area contributed by atoms with E-state index in [-0.39, 0.29) is 0 Å². The molecule has 0 aliphatic rings. The number of nitrogens with zero attached hydrogens (tertiary/aromatic N) is 2. The van der Waals surface area contributed by atoms with Gasteiger partial charge in [0.25, 0.3) is 0 Å². The molecule has 0 saturated carbocycles. The Morgan fingerprint density at radius 1 is 0.306 bits per heavy atom. The van der Waals surface area contributed by atoms with Crippen LogP contribution < -0.4 is 0 Å². The molecule has 62 heavy (non-hydrogen) atoms. The van der Waals surface area contributed by atoms with Crippen LogP contribution in [0.4, 0.5) is 0 Å². The first-order valence-corrected chi connectivity index (χ1v) is 22.8. The molecular formula is C58H34N2S2. The fraction of sp³-hybridized carbons (Fsp3) is 0. The highest BCUT2D eigenvalue weighted by Gasteiger charge is 2.23. The highest BCUT2D eigenvalue weighted by Crippen LogP contribution is 2.47. The van der Waals surface area contributed by atoms with E-state index < -0.39 is 0 Å². The Morgan fingerprint density at radius 3 is 1.94 bits per heavy atom. The number of aromatic nitrogens is 2. The summed E-state index contributed by atoms with van der Waals surface area (Å²) < 4.78 is 10.3. The second kappa shape index (κ2) is 13.0. The molecule has 14 rings (SSSR count). The van der Waals surface area contributed by atoms with Gasteiger partial charge in [0.1, 0.15) is 0 Å². The van der Waals surface area contributed by atoms with Crippen LogP contribution in [0, 0.1) is 0 Å². The van der Waals surface area contributed by atoms with Crippen LogP contribution in [0.25, 0.3) is 128 Å². The number of fused-ring (bicyclic) bond motifs is 14. The number of thiophene rings is 2. The Bertz CT molecular complexity index is 4160. The Balaban J connectivity index is 1.06. The largest absolute Gasteiger partial charge is 0.309 e. The smallest absolute Gasteiger partial charge is 0.0641 e. The van der Waals surface area contributed by atoms with E-state index in [1.165, 1.54) is 117 Å². The van der Waals surface area contributed by atoms with Crippen LogP contribution in [-0.2, 0) is 0 Å². The molecule has 4 heteroatoms. The van der Waals surface area contributed by atoms with Crippen molar-refractivity contribution in [2.45, 2.75) is 0 Å². The predicted molar refractivity (Wildman–Crippen MR) is 269 cm³/mol. The van der Waals surface area contributed by atoms with Gasteiger partial charge in [0, 0.05) is 78.8 Å². The quantitative estimate of drug-likeness (QED) is 0.167. The maximum Gasteiger partial charge on any atom is 0.0641 e. The number of rotatable bonds is 4. The van der Waals surface area contributed by atoms with Gasteiger partial charge >= 0.3 is 0 Å². The molecule has 14 aromatic rings. The molecule has 0 saturated heterocycles. The Hall–Kier alpha value is -7.50. The van der Waals surface area contributed by atoms with Crippen molar-refractivity contribution in [1.29, 1.82) is 0 Å². The molecule has 0 bridgehead atoms. The van der Waals surface area contributed by atoms with E-state index in [1.54, 1.807) is 0 Å². The fourth-order valence-electron chi connectivity index (χ4n) is 10.4. The van der Waals surface area contributed by atoms with Crippen molar-refractivity contribution >= 4 is 117 Å². The van der Waals surface area contributed by atoms with E-state index in [0.717, 1.165) is 11.4 Å². The van der Waals surface area contributed by atoms with Gasteiger partial charge in [-0.05, 0) is 94.2 Å². The summed E-state index contributed by atoms with van der Waals surface area (Å²) in [5, 5.41) is 12.8. The molecule has 0 aliphatic carbocycles. The van der Waals surface area contributed by atoms with Crippen LogP contribution in [-0.4, -0.2) is 9.13 Å². The van der Waals surface area contributed by atoms with Crippen LogP contribution in [0.1, 0.15) is 0 Å². The van der Waals surface area contributed by atoms with Crippen LogP contribution in [0.5, 0.6) is 0 Å². The van der Waals surface area contributed by atoms with Crippen LogP contribution in [0.2, 0.25) is 0 Å². The molecule has 0 N–H and O–H groups in total. The molecule has 4 heterocycles. The highest BCUT2D eigenvalue weighted by atomic mass is 32.1. The normalized spacial score (nSPS) is 12.2. The van der Waals surface area contributed by atoms with E-state index in [4.69, 9.17) is 0 Å². The summed E-state index contributed by atoms with van der Waals surface area (Å²) in [5.41, 5.74) is 12.2. The summed E-state index contributed by atoms with van der Waals surface area (Å²) in [6, 6.07) is 76.6. The van der Waals surface area contributed by atoms with Crippen LogP contribution >= 0.6 is 22.7 Å². The molecule has 288 valence electrons. The third kappa shape index (κ3) is 4.85. The average Bonchev–Trinajstić information content (AvgIpc) is 4.09. The third-order valence-corrected chi connectivity index (χ3v) is 15.4. The lowest BCUT2D eigenvalue weighted by Gasteiger charge is -2.11. The Morgan fingerprint density at radius 2 is 1.00 bits per heavy atom. The van der Waals surface area contributed by atoms with Crippen molar-refractivity contribution in [2.75, 3.05) is 0 Å². The number of hydrogen-bond acceptors (Lipinski definition) is 2. The van der Waals surface area contributed by atoms with Gasteiger partial charge in [-0.15, -0.1) is 22.7 Å². The van der Waals surface area contributed by atoms with Crippen molar-refractivity contribution in [1.82, 2.24) is 9.13 Å². The second-order valence-electron chi connectivity index (χ2n) is 16.4. The van der Waals surface area contributed by atoms with Gasteiger partial charge in [-0.2, -0.15) is 0 Å². The van der Waals surface area contributed by atoms with Gasteiger partial charge in [0.2, 0.25) is 0 Å². The molecule has 4 aromatic heterocycles. The number of para-hydroxylation sites is 1. The topological polar surface area (TPSA) is 9.86 Å². The van der Waals surface area contributed by atoms with Gasteiger partial charge in [-0.25, -0.2) is 0 Å². The van der Waals surface area contributed by atoms with E-state index in [2.05, 4.69) is 215 Å². The standard InChI is InChI=1S/C58H34N2S2/c1-2-12-35(13-3-1)38-25-29-50-47(33-38)42-28-30-51-56(45-16-6-8-21-49(45)59(51)39-26-24-36-14-4-5-15-37(36)32-39)57(42)60(50)40-27-31-53-48(34-40)44-20-10-19-43(58(44)62-53)41-18-11-23-54-55(41)46-17-7-9-22-52(46)61-54/h1-34H. The molecule has 0 atom stereocenters. The van der Waals surface area contributed by atoms with Gasteiger partial charge in [0.05, 0.1) is 22.1 Å². The van der Waals surface area contributed by atoms with E-state index in [9.17, 15) is 0 Å². The van der Waals surface area contributed by atoms with Crippen LogP contribution in [0.15, 0.2) is 206 Å². The average molecular weight is 823 g/mol. The second-order valence-corrected chi connectivity index (χ2v) is 18.6. The summed E-state index contributed by atoms with van der Waals surface area (Å²) >= 11 is 3.79. The molecule has 0 unspecified atom stereocenters. The van der Waals surface area contributed by atoms with E-state index in [1.807, 2.05) is 22.7 Å².